The lowest BCUT2D eigenvalue weighted by Gasteiger charge is -2.32. The Labute approximate surface area is 165 Å². The van der Waals surface area contributed by atoms with Gasteiger partial charge in [-0.1, -0.05) is 41.4 Å². The van der Waals surface area contributed by atoms with E-state index in [1.807, 2.05) is 0 Å². The molecular formula is C20H18Cl2F3NO. The van der Waals surface area contributed by atoms with Crippen LogP contribution < -0.4 is 0 Å². The molecule has 0 spiro atoms. The average molecular weight is 416 g/mol. The fourth-order valence-electron chi connectivity index (χ4n) is 3.36. The number of carbonyl (C=O) groups is 1. The maximum atomic E-state index is 12.7. The van der Waals surface area contributed by atoms with E-state index in [2.05, 4.69) is 0 Å². The standard InChI is InChI=1S/C20H18Cl2F3NO/c21-16-2-1-3-17(22)18(16)19(27)26-10-8-14(9-11-26)12-13-4-6-15(7-5-13)20(23,24)25/h1-7,14H,8-12H2. The molecule has 7 heteroatoms. The van der Waals surface area contributed by atoms with E-state index in [1.165, 1.54) is 12.1 Å². The predicted molar refractivity (Wildman–Crippen MR) is 100 cm³/mol. The Morgan fingerprint density at radius 3 is 2.07 bits per heavy atom. The van der Waals surface area contributed by atoms with E-state index in [0.717, 1.165) is 30.5 Å². The second-order valence-electron chi connectivity index (χ2n) is 6.73. The van der Waals surface area contributed by atoms with Crippen LogP contribution in [0.15, 0.2) is 42.5 Å². The SMILES string of the molecule is O=C(c1c(Cl)cccc1Cl)N1CCC(Cc2ccc(C(F)(F)F)cc2)CC1. The van der Waals surface area contributed by atoms with Gasteiger partial charge in [0.2, 0.25) is 0 Å². The van der Waals surface area contributed by atoms with E-state index in [9.17, 15) is 18.0 Å². The van der Waals surface area contributed by atoms with Gasteiger partial charge < -0.3 is 4.90 Å². The second-order valence-corrected chi connectivity index (χ2v) is 7.55. The van der Waals surface area contributed by atoms with Gasteiger partial charge in [-0.15, -0.1) is 0 Å². The first-order valence-electron chi connectivity index (χ1n) is 8.65. The first-order chi connectivity index (χ1) is 12.8. The molecule has 27 heavy (non-hydrogen) atoms. The summed E-state index contributed by atoms with van der Waals surface area (Å²) in [4.78, 5) is 14.4. The van der Waals surface area contributed by atoms with Crippen LogP contribution in [0.3, 0.4) is 0 Å². The summed E-state index contributed by atoms with van der Waals surface area (Å²) in [6.45, 7) is 1.15. The van der Waals surface area contributed by atoms with E-state index in [-0.39, 0.29) is 5.91 Å². The maximum Gasteiger partial charge on any atom is 0.416 e. The van der Waals surface area contributed by atoms with Crippen molar-refractivity contribution in [3.8, 4) is 0 Å². The predicted octanol–water partition coefficient (Wildman–Crippen LogP) is 6.11. The van der Waals surface area contributed by atoms with Gasteiger partial charge in [0.1, 0.15) is 0 Å². The molecule has 1 aliphatic heterocycles. The molecule has 2 aromatic carbocycles. The Bertz CT molecular complexity index is 793. The van der Waals surface area contributed by atoms with Crippen molar-refractivity contribution >= 4 is 29.1 Å². The van der Waals surface area contributed by atoms with E-state index in [0.29, 0.717) is 41.0 Å². The van der Waals surface area contributed by atoms with Gasteiger partial charge in [0.05, 0.1) is 21.2 Å². The molecule has 3 rings (SSSR count). The highest BCUT2D eigenvalue weighted by Crippen LogP contribution is 2.31. The van der Waals surface area contributed by atoms with Crippen LogP contribution in [0.4, 0.5) is 13.2 Å². The molecular weight excluding hydrogens is 398 g/mol. The largest absolute Gasteiger partial charge is 0.416 e. The molecule has 0 atom stereocenters. The average Bonchev–Trinajstić information content (AvgIpc) is 2.62. The molecule has 0 aliphatic carbocycles. The number of likely N-dealkylation sites (tertiary alicyclic amines) is 1. The number of halogens is 5. The van der Waals surface area contributed by atoms with Crippen molar-refractivity contribution in [1.82, 2.24) is 4.90 Å². The minimum Gasteiger partial charge on any atom is -0.339 e. The molecule has 1 aliphatic rings. The van der Waals surface area contributed by atoms with Crippen LogP contribution in [0.1, 0.15) is 34.3 Å². The quantitative estimate of drug-likeness (QED) is 0.592. The Balaban J connectivity index is 1.58. The number of nitrogens with zero attached hydrogens (tertiary/aromatic N) is 1. The number of alkyl halides is 3. The van der Waals surface area contributed by atoms with Crippen molar-refractivity contribution in [2.24, 2.45) is 5.92 Å². The van der Waals surface area contributed by atoms with Crippen molar-refractivity contribution in [2.45, 2.75) is 25.4 Å². The summed E-state index contributed by atoms with van der Waals surface area (Å²) in [5.41, 5.74) is 0.562. The number of piperidine rings is 1. The normalized spacial score (nSPS) is 15.8. The Hall–Kier alpha value is -1.72. The molecule has 1 heterocycles. The van der Waals surface area contributed by atoms with Crippen molar-refractivity contribution in [3.05, 3.63) is 69.2 Å². The lowest BCUT2D eigenvalue weighted by Crippen LogP contribution is -2.39. The topological polar surface area (TPSA) is 20.3 Å². The van der Waals surface area contributed by atoms with Crippen LogP contribution in [-0.4, -0.2) is 23.9 Å². The smallest absolute Gasteiger partial charge is 0.339 e. The van der Waals surface area contributed by atoms with E-state index in [1.54, 1.807) is 23.1 Å². The molecule has 2 nitrogen and oxygen atoms in total. The maximum absolute atomic E-state index is 12.7. The van der Waals surface area contributed by atoms with Gasteiger partial charge in [0.15, 0.2) is 0 Å². The first-order valence-corrected chi connectivity index (χ1v) is 9.40. The molecule has 2 aromatic rings. The highest BCUT2D eigenvalue weighted by atomic mass is 35.5. The van der Waals surface area contributed by atoms with Gasteiger partial charge in [-0.25, -0.2) is 0 Å². The number of carbonyl (C=O) groups excluding carboxylic acids is 1. The van der Waals surface area contributed by atoms with Crippen LogP contribution in [-0.2, 0) is 12.6 Å². The second kappa shape index (κ2) is 8.11. The van der Waals surface area contributed by atoms with Crippen LogP contribution in [0.5, 0.6) is 0 Å². The zero-order chi connectivity index (χ0) is 19.6. The Kier molecular flexibility index (Phi) is 6.02. The van der Waals surface area contributed by atoms with Crippen molar-refractivity contribution in [1.29, 1.82) is 0 Å². The summed E-state index contributed by atoms with van der Waals surface area (Å²) < 4.78 is 37.9. The number of benzene rings is 2. The summed E-state index contributed by atoms with van der Waals surface area (Å²) in [7, 11) is 0. The molecule has 0 aromatic heterocycles. The number of hydrogen-bond donors (Lipinski definition) is 0. The monoisotopic (exact) mass is 415 g/mol. The van der Waals surface area contributed by atoms with Crippen molar-refractivity contribution in [2.75, 3.05) is 13.1 Å². The van der Waals surface area contributed by atoms with E-state index < -0.39 is 11.7 Å². The van der Waals surface area contributed by atoms with Crippen LogP contribution >= 0.6 is 23.2 Å². The fourth-order valence-corrected chi connectivity index (χ4v) is 3.92. The van der Waals surface area contributed by atoms with Crippen LogP contribution in [0, 0.1) is 5.92 Å². The van der Waals surface area contributed by atoms with Gasteiger partial charge in [0.25, 0.3) is 5.91 Å². The summed E-state index contributed by atoms with van der Waals surface area (Å²) in [5, 5.41) is 0.666. The minimum atomic E-state index is -4.32. The highest BCUT2D eigenvalue weighted by Gasteiger charge is 2.30. The van der Waals surface area contributed by atoms with Crippen molar-refractivity contribution in [3.63, 3.8) is 0 Å². The van der Waals surface area contributed by atoms with Gasteiger partial charge in [-0.2, -0.15) is 13.2 Å². The lowest BCUT2D eigenvalue weighted by atomic mass is 9.89. The number of amides is 1. The Morgan fingerprint density at radius 2 is 1.56 bits per heavy atom. The van der Waals surface area contributed by atoms with E-state index >= 15 is 0 Å². The van der Waals surface area contributed by atoms with Gasteiger partial charge in [-0.3, -0.25) is 4.79 Å². The number of hydrogen-bond acceptors (Lipinski definition) is 1. The molecule has 0 unspecified atom stereocenters. The first kappa shape index (κ1) is 20.0. The summed E-state index contributed by atoms with van der Waals surface area (Å²) >= 11 is 12.2. The molecule has 0 radical (unpaired) electrons. The Morgan fingerprint density at radius 1 is 1.00 bits per heavy atom. The summed E-state index contributed by atoms with van der Waals surface area (Å²) in [6, 6.07) is 10.3. The molecule has 0 saturated carbocycles. The van der Waals surface area contributed by atoms with Gasteiger partial charge in [-0.05, 0) is 55.0 Å². The summed E-state index contributed by atoms with van der Waals surface area (Å²) in [5.74, 6) is 0.145. The molecule has 1 amide bonds. The third-order valence-electron chi connectivity index (χ3n) is 4.88. The van der Waals surface area contributed by atoms with Crippen molar-refractivity contribution < 1.29 is 18.0 Å². The molecule has 144 valence electrons. The molecule has 0 bridgehead atoms. The number of rotatable bonds is 3. The zero-order valence-electron chi connectivity index (χ0n) is 14.4. The third-order valence-corrected chi connectivity index (χ3v) is 5.51. The summed E-state index contributed by atoms with van der Waals surface area (Å²) in [6.07, 6.45) is -2.04. The lowest BCUT2D eigenvalue weighted by molar-refractivity contribution is -0.137. The molecule has 1 saturated heterocycles. The minimum absolute atomic E-state index is 0.182. The highest BCUT2D eigenvalue weighted by molar-refractivity contribution is 6.39. The fraction of sp³-hybridized carbons (Fsp3) is 0.350. The molecule has 1 fully saturated rings. The van der Waals surface area contributed by atoms with E-state index in [4.69, 9.17) is 23.2 Å². The van der Waals surface area contributed by atoms with Gasteiger partial charge >= 0.3 is 6.18 Å². The molecule has 0 N–H and O–H groups in total. The van der Waals surface area contributed by atoms with Crippen LogP contribution in [0.25, 0.3) is 0 Å². The third kappa shape index (κ3) is 4.77. The van der Waals surface area contributed by atoms with Crippen LogP contribution in [0.2, 0.25) is 10.0 Å². The van der Waals surface area contributed by atoms with Gasteiger partial charge in [0, 0.05) is 13.1 Å². The zero-order valence-corrected chi connectivity index (χ0v) is 15.9.